The van der Waals surface area contributed by atoms with Gasteiger partial charge >= 0.3 is 0 Å². The van der Waals surface area contributed by atoms with Crippen molar-refractivity contribution in [2.75, 3.05) is 38.3 Å². The highest BCUT2D eigenvalue weighted by molar-refractivity contribution is 6.30. The molecule has 5 heteroatoms. The Kier molecular flexibility index (Phi) is 5.27. The maximum atomic E-state index is 10.1. The summed E-state index contributed by atoms with van der Waals surface area (Å²) in [7, 11) is 1.69. The number of rotatable bonds is 6. The maximum Gasteiger partial charge on any atom is 0.0810 e. The fourth-order valence-electron chi connectivity index (χ4n) is 2.55. The zero-order valence-corrected chi connectivity index (χ0v) is 12.9. The van der Waals surface area contributed by atoms with E-state index >= 15 is 0 Å². The van der Waals surface area contributed by atoms with E-state index in [0.717, 1.165) is 42.3 Å². The van der Waals surface area contributed by atoms with Crippen LogP contribution in [0.3, 0.4) is 0 Å². The molecule has 0 saturated carbocycles. The van der Waals surface area contributed by atoms with Gasteiger partial charge in [0, 0.05) is 44.0 Å². The molecule has 0 bridgehead atoms. The number of anilines is 1. The third-order valence-electron chi connectivity index (χ3n) is 3.63. The first-order valence-electron chi connectivity index (χ1n) is 6.97. The predicted molar refractivity (Wildman–Crippen MR) is 82.5 cm³/mol. The maximum absolute atomic E-state index is 10.1. The van der Waals surface area contributed by atoms with Gasteiger partial charge in [-0.15, -0.1) is 0 Å². The lowest BCUT2D eigenvalue weighted by Gasteiger charge is -2.24. The Bertz CT molecular complexity index is 451. The highest BCUT2D eigenvalue weighted by atomic mass is 35.5. The number of halogens is 1. The number of nitrogens with zero attached hydrogens (tertiary/aromatic N) is 1. The number of ether oxygens (including phenoxy) is 1. The van der Waals surface area contributed by atoms with Crippen molar-refractivity contribution in [1.82, 2.24) is 5.32 Å². The Labute approximate surface area is 125 Å². The standard InChI is InChI=1S/C15H23ClN2O2/c1-15(19)5-7-18(11-15)14-4-3-13(16)9-12(14)10-17-6-8-20-2/h3-4,9,17,19H,5-8,10-11H2,1-2H3. The molecule has 0 spiro atoms. The lowest BCUT2D eigenvalue weighted by molar-refractivity contribution is 0.0839. The van der Waals surface area contributed by atoms with E-state index in [1.54, 1.807) is 7.11 Å². The lowest BCUT2D eigenvalue weighted by atomic mass is 10.1. The lowest BCUT2D eigenvalue weighted by Crippen LogP contribution is -2.30. The molecule has 20 heavy (non-hydrogen) atoms. The normalized spacial score (nSPS) is 22.5. The van der Waals surface area contributed by atoms with Gasteiger partial charge in [0.25, 0.3) is 0 Å². The summed E-state index contributed by atoms with van der Waals surface area (Å²) in [5.41, 5.74) is 1.71. The van der Waals surface area contributed by atoms with Gasteiger partial charge in [-0.2, -0.15) is 0 Å². The smallest absolute Gasteiger partial charge is 0.0810 e. The van der Waals surface area contributed by atoms with E-state index in [0.29, 0.717) is 13.2 Å². The van der Waals surface area contributed by atoms with E-state index in [1.807, 2.05) is 25.1 Å². The van der Waals surface area contributed by atoms with Crippen molar-refractivity contribution >= 4 is 17.3 Å². The minimum absolute atomic E-state index is 0.597. The van der Waals surface area contributed by atoms with Gasteiger partial charge in [-0.25, -0.2) is 0 Å². The molecule has 4 nitrogen and oxygen atoms in total. The average molecular weight is 299 g/mol. The molecular weight excluding hydrogens is 276 g/mol. The first-order chi connectivity index (χ1) is 9.52. The number of hydrogen-bond acceptors (Lipinski definition) is 4. The molecule has 1 fully saturated rings. The number of methoxy groups -OCH3 is 1. The van der Waals surface area contributed by atoms with Crippen LogP contribution in [-0.2, 0) is 11.3 Å². The van der Waals surface area contributed by atoms with Crippen LogP contribution in [0.2, 0.25) is 5.02 Å². The van der Waals surface area contributed by atoms with Gasteiger partial charge in [0.2, 0.25) is 0 Å². The largest absolute Gasteiger partial charge is 0.388 e. The number of nitrogens with one attached hydrogen (secondary N) is 1. The third kappa shape index (κ3) is 4.09. The van der Waals surface area contributed by atoms with Crippen LogP contribution in [-0.4, -0.2) is 44.1 Å². The van der Waals surface area contributed by atoms with E-state index in [9.17, 15) is 5.11 Å². The SMILES string of the molecule is COCCNCc1cc(Cl)ccc1N1CCC(C)(O)C1. The van der Waals surface area contributed by atoms with Crippen molar-refractivity contribution in [2.45, 2.75) is 25.5 Å². The zero-order chi connectivity index (χ0) is 14.6. The monoisotopic (exact) mass is 298 g/mol. The van der Waals surface area contributed by atoms with Crippen molar-refractivity contribution < 1.29 is 9.84 Å². The Morgan fingerprint density at radius 3 is 2.95 bits per heavy atom. The van der Waals surface area contributed by atoms with Crippen molar-refractivity contribution in [2.24, 2.45) is 0 Å². The van der Waals surface area contributed by atoms with Crippen LogP contribution < -0.4 is 10.2 Å². The van der Waals surface area contributed by atoms with E-state index in [4.69, 9.17) is 16.3 Å². The Morgan fingerprint density at radius 1 is 1.50 bits per heavy atom. The molecule has 1 aromatic carbocycles. The summed E-state index contributed by atoms with van der Waals surface area (Å²) in [5.74, 6) is 0. The van der Waals surface area contributed by atoms with Crippen LogP contribution in [0, 0.1) is 0 Å². The summed E-state index contributed by atoms with van der Waals surface area (Å²) in [6.45, 7) is 5.67. The minimum atomic E-state index is -0.597. The van der Waals surface area contributed by atoms with E-state index in [-0.39, 0.29) is 0 Å². The van der Waals surface area contributed by atoms with Gasteiger partial charge in [-0.05, 0) is 37.1 Å². The van der Waals surface area contributed by atoms with Crippen molar-refractivity contribution in [3.05, 3.63) is 28.8 Å². The van der Waals surface area contributed by atoms with Crippen LogP contribution in [0.4, 0.5) is 5.69 Å². The molecule has 2 rings (SSSR count). The second-order valence-corrected chi connectivity index (χ2v) is 6.05. The Morgan fingerprint density at radius 2 is 2.30 bits per heavy atom. The van der Waals surface area contributed by atoms with Crippen LogP contribution in [0.1, 0.15) is 18.9 Å². The zero-order valence-electron chi connectivity index (χ0n) is 12.2. The summed E-state index contributed by atoms with van der Waals surface area (Å²) in [6, 6.07) is 5.93. The van der Waals surface area contributed by atoms with Gasteiger partial charge in [0.05, 0.1) is 12.2 Å². The highest BCUT2D eigenvalue weighted by Gasteiger charge is 2.32. The molecule has 1 heterocycles. The molecular formula is C15H23ClN2O2. The molecule has 0 aromatic heterocycles. The average Bonchev–Trinajstić information content (AvgIpc) is 2.75. The summed E-state index contributed by atoms with van der Waals surface area (Å²) in [5, 5.41) is 14.2. The summed E-state index contributed by atoms with van der Waals surface area (Å²) >= 11 is 6.10. The van der Waals surface area contributed by atoms with Crippen LogP contribution in [0.25, 0.3) is 0 Å². The quantitative estimate of drug-likeness (QED) is 0.789. The van der Waals surface area contributed by atoms with E-state index in [1.165, 1.54) is 0 Å². The second kappa shape index (κ2) is 6.76. The summed E-state index contributed by atoms with van der Waals surface area (Å²) in [4.78, 5) is 2.23. The highest BCUT2D eigenvalue weighted by Crippen LogP contribution is 2.30. The number of hydrogen-bond donors (Lipinski definition) is 2. The van der Waals surface area contributed by atoms with Crippen LogP contribution in [0.15, 0.2) is 18.2 Å². The fourth-order valence-corrected chi connectivity index (χ4v) is 2.75. The van der Waals surface area contributed by atoms with E-state index < -0.39 is 5.60 Å². The van der Waals surface area contributed by atoms with Crippen molar-refractivity contribution in [1.29, 1.82) is 0 Å². The Hall–Kier alpha value is -0.810. The predicted octanol–water partition coefficient (Wildman–Crippen LogP) is 2.04. The molecule has 112 valence electrons. The van der Waals surface area contributed by atoms with Crippen LogP contribution in [0.5, 0.6) is 0 Å². The van der Waals surface area contributed by atoms with Crippen molar-refractivity contribution in [3.63, 3.8) is 0 Å². The molecule has 1 aromatic rings. The summed E-state index contributed by atoms with van der Waals surface area (Å²) < 4.78 is 5.03. The second-order valence-electron chi connectivity index (χ2n) is 5.61. The molecule has 0 amide bonds. The molecule has 1 aliphatic rings. The number of benzene rings is 1. The molecule has 1 atom stereocenters. The molecule has 1 saturated heterocycles. The van der Waals surface area contributed by atoms with Gasteiger partial charge in [0.1, 0.15) is 0 Å². The number of β-amino-alcohol motifs (C(OH)–C–C–N with tert-alkyl or cyclic N) is 1. The molecule has 0 radical (unpaired) electrons. The first-order valence-corrected chi connectivity index (χ1v) is 7.35. The minimum Gasteiger partial charge on any atom is -0.388 e. The molecule has 0 aliphatic carbocycles. The van der Waals surface area contributed by atoms with Gasteiger partial charge in [-0.3, -0.25) is 0 Å². The summed E-state index contributed by atoms with van der Waals surface area (Å²) in [6.07, 6.45) is 0.798. The molecule has 2 N–H and O–H groups in total. The van der Waals surface area contributed by atoms with Gasteiger partial charge in [0.15, 0.2) is 0 Å². The van der Waals surface area contributed by atoms with Gasteiger partial charge < -0.3 is 20.1 Å². The topological polar surface area (TPSA) is 44.7 Å². The Balaban J connectivity index is 2.08. The first kappa shape index (κ1) is 15.6. The van der Waals surface area contributed by atoms with Crippen LogP contribution >= 0.6 is 11.6 Å². The third-order valence-corrected chi connectivity index (χ3v) is 3.87. The molecule has 1 aliphatic heterocycles. The number of aliphatic hydroxyl groups is 1. The van der Waals surface area contributed by atoms with E-state index in [2.05, 4.69) is 10.2 Å². The molecule has 1 unspecified atom stereocenters. The van der Waals surface area contributed by atoms with Crippen molar-refractivity contribution in [3.8, 4) is 0 Å². The fraction of sp³-hybridized carbons (Fsp3) is 0.600. The van der Waals surface area contributed by atoms with Gasteiger partial charge in [-0.1, -0.05) is 11.6 Å².